The second-order valence-corrected chi connectivity index (χ2v) is 9.85. The molecule has 0 spiro atoms. The maximum absolute atomic E-state index is 12.0. The lowest BCUT2D eigenvalue weighted by Gasteiger charge is -2.60. The Hall–Kier alpha value is -0.860. The number of Topliss-reactive ketones (excluding diaryl/α,β-unsaturated/α-hetero) is 1. The average Bonchev–Trinajstić information content (AvgIpc) is 2.92. The standard InChI is InChI=1S/C22H34O3/c1-4-20(24)25-19-8-7-17-16-6-5-14-13-15(23)9-11-21(14,2)18(16)10-12-22(17,19)3/h14,16-19H,4-13H2,1-3H3/t14-,16?,17?,18?,19+,21-,22-/m0/s1. The van der Waals surface area contributed by atoms with Crippen molar-refractivity contribution >= 4 is 11.8 Å². The molecule has 4 aliphatic carbocycles. The zero-order valence-corrected chi connectivity index (χ0v) is 16.2. The fourth-order valence-electron chi connectivity index (χ4n) is 7.43. The minimum atomic E-state index is -0.0320. The molecule has 0 heterocycles. The largest absolute Gasteiger partial charge is 0.462 e. The Kier molecular flexibility index (Phi) is 4.28. The molecule has 0 radical (unpaired) electrons. The number of carbonyl (C=O) groups excluding carboxylic acids is 2. The maximum atomic E-state index is 12.0. The molecule has 0 aromatic heterocycles. The summed E-state index contributed by atoms with van der Waals surface area (Å²) < 4.78 is 5.87. The van der Waals surface area contributed by atoms with Gasteiger partial charge in [0.15, 0.2) is 0 Å². The number of ether oxygens (including phenoxy) is 1. The Morgan fingerprint density at radius 3 is 2.56 bits per heavy atom. The third kappa shape index (κ3) is 2.59. The molecule has 3 nitrogen and oxygen atoms in total. The van der Waals surface area contributed by atoms with E-state index in [9.17, 15) is 9.59 Å². The third-order valence-electron chi connectivity index (χ3n) is 8.96. The van der Waals surface area contributed by atoms with Crippen molar-refractivity contribution in [2.75, 3.05) is 0 Å². The van der Waals surface area contributed by atoms with Crippen LogP contribution >= 0.6 is 0 Å². The molecule has 4 fully saturated rings. The fourth-order valence-corrected chi connectivity index (χ4v) is 7.43. The lowest BCUT2D eigenvalue weighted by Crippen LogP contribution is -2.54. The van der Waals surface area contributed by atoms with E-state index >= 15 is 0 Å². The predicted octanol–water partition coefficient (Wildman–Crippen LogP) is 4.92. The van der Waals surface area contributed by atoms with Crippen LogP contribution in [0.2, 0.25) is 0 Å². The summed E-state index contributed by atoms with van der Waals surface area (Å²) in [5.74, 6) is 3.34. The molecule has 4 aliphatic rings. The SMILES string of the molecule is CCC(=O)O[C@@H]1CCC2C3CC[C@H]4CC(=O)CC[C@]4(C)C3CC[C@@]21C. The number of esters is 1. The summed E-state index contributed by atoms with van der Waals surface area (Å²) in [7, 11) is 0. The topological polar surface area (TPSA) is 43.4 Å². The summed E-state index contributed by atoms with van der Waals surface area (Å²) in [6.45, 7) is 6.78. The van der Waals surface area contributed by atoms with E-state index in [0.717, 1.165) is 37.5 Å². The van der Waals surface area contributed by atoms with Gasteiger partial charge < -0.3 is 4.74 Å². The summed E-state index contributed by atoms with van der Waals surface area (Å²) >= 11 is 0. The maximum Gasteiger partial charge on any atom is 0.305 e. The van der Waals surface area contributed by atoms with E-state index in [-0.39, 0.29) is 17.5 Å². The lowest BCUT2D eigenvalue weighted by molar-refractivity contribution is -0.163. The molecule has 4 rings (SSSR count). The van der Waals surface area contributed by atoms with Crippen LogP contribution in [0.1, 0.15) is 85.0 Å². The Bertz CT molecular complexity index is 570. The average molecular weight is 347 g/mol. The van der Waals surface area contributed by atoms with Crippen molar-refractivity contribution in [3.63, 3.8) is 0 Å². The molecule has 25 heavy (non-hydrogen) atoms. The van der Waals surface area contributed by atoms with Crippen LogP contribution in [0.25, 0.3) is 0 Å². The van der Waals surface area contributed by atoms with Gasteiger partial charge in [-0.15, -0.1) is 0 Å². The summed E-state index contributed by atoms with van der Waals surface area (Å²) in [5.41, 5.74) is 0.552. The van der Waals surface area contributed by atoms with E-state index in [1.54, 1.807) is 0 Å². The van der Waals surface area contributed by atoms with E-state index in [4.69, 9.17) is 4.74 Å². The monoisotopic (exact) mass is 346 g/mol. The number of ketones is 1. The van der Waals surface area contributed by atoms with Crippen molar-refractivity contribution in [2.45, 2.75) is 91.1 Å². The molecular weight excluding hydrogens is 312 g/mol. The van der Waals surface area contributed by atoms with Crippen molar-refractivity contribution in [2.24, 2.45) is 34.5 Å². The summed E-state index contributed by atoms with van der Waals surface area (Å²) in [6.07, 6.45) is 10.6. The molecule has 0 aliphatic heterocycles. The van der Waals surface area contributed by atoms with Crippen LogP contribution in [0.5, 0.6) is 0 Å². The van der Waals surface area contributed by atoms with Gasteiger partial charge in [0.05, 0.1) is 0 Å². The van der Waals surface area contributed by atoms with Gasteiger partial charge in [-0.25, -0.2) is 0 Å². The molecule has 140 valence electrons. The van der Waals surface area contributed by atoms with E-state index < -0.39 is 0 Å². The molecule has 0 amide bonds. The van der Waals surface area contributed by atoms with Crippen LogP contribution in [-0.4, -0.2) is 17.9 Å². The highest BCUT2D eigenvalue weighted by atomic mass is 16.5. The van der Waals surface area contributed by atoms with Crippen LogP contribution in [0.3, 0.4) is 0 Å². The predicted molar refractivity (Wildman–Crippen MR) is 96.9 cm³/mol. The number of rotatable bonds is 2. The zero-order chi connectivity index (χ0) is 17.8. The molecule has 3 heteroatoms. The van der Waals surface area contributed by atoms with E-state index in [1.165, 1.54) is 32.1 Å². The van der Waals surface area contributed by atoms with Gasteiger partial charge >= 0.3 is 5.97 Å². The van der Waals surface area contributed by atoms with Gasteiger partial charge in [0.2, 0.25) is 0 Å². The normalized spacial score (nSPS) is 49.1. The first-order valence-electron chi connectivity index (χ1n) is 10.6. The molecule has 0 bridgehead atoms. The molecular formula is C22H34O3. The zero-order valence-electron chi connectivity index (χ0n) is 16.2. The Morgan fingerprint density at radius 1 is 1.04 bits per heavy atom. The van der Waals surface area contributed by atoms with Gasteiger partial charge in [-0.3, -0.25) is 9.59 Å². The molecule has 7 atom stereocenters. The quantitative estimate of drug-likeness (QED) is 0.667. The van der Waals surface area contributed by atoms with Crippen LogP contribution in [0.15, 0.2) is 0 Å². The first-order chi connectivity index (χ1) is 11.9. The second kappa shape index (κ2) is 6.09. The van der Waals surface area contributed by atoms with Crippen molar-refractivity contribution in [3.05, 3.63) is 0 Å². The van der Waals surface area contributed by atoms with Gasteiger partial charge in [0.1, 0.15) is 11.9 Å². The van der Waals surface area contributed by atoms with E-state index in [0.29, 0.717) is 29.5 Å². The Labute approximate surface area is 152 Å². The second-order valence-electron chi connectivity index (χ2n) is 9.85. The van der Waals surface area contributed by atoms with Crippen LogP contribution in [0, 0.1) is 34.5 Å². The van der Waals surface area contributed by atoms with Crippen molar-refractivity contribution in [1.29, 1.82) is 0 Å². The minimum Gasteiger partial charge on any atom is -0.462 e. The summed E-state index contributed by atoms with van der Waals surface area (Å²) in [6, 6.07) is 0. The van der Waals surface area contributed by atoms with Gasteiger partial charge in [0.25, 0.3) is 0 Å². The number of carbonyl (C=O) groups is 2. The van der Waals surface area contributed by atoms with Crippen LogP contribution < -0.4 is 0 Å². The smallest absolute Gasteiger partial charge is 0.305 e. The summed E-state index contributed by atoms with van der Waals surface area (Å²) in [5, 5.41) is 0. The van der Waals surface area contributed by atoms with Crippen molar-refractivity contribution in [1.82, 2.24) is 0 Å². The highest BCUT2D eigenvalue weighted by Crippen LogP contribution is 2.66. The molecule has 0 N–H and O–H groups in total. The molecule has 0 aromatic carbocycles. The van der Waals surface area contributed by atoms with Gasteiger partial charge in [-0.1, -0.05) is 20.8 Å². The van der Waals surface area contributed by atoms with Crippen LogP contribution in [-0.2, 0) is 14.3 Å². The highest BCUT2D eigenvalue weighted by molar-refractivity contribution is 5.79. The number of hydrogen-bond donors (Lipinski definition) is 0. The number of fused-ring (bicyclic) bond motifs is 5. The Morgan fingerprint density at radius 2 is 1.80 bits per heavy atom. The molecule has 0 saturated heterocycles. The molecule has 3 unspecified atom stereocenters. The van der Waals surface area contributed by atoms with Gasteiger partial charge in [-0.2, -0.15) is 0 Å². The lowest BCUT2D eigenvalue weighted by atomic mass is 9.45. The van der Waals surface area contributed by atoms with Crippen molar-refractivity contribution < 1.29 is 14.3 Å². The first-order valence-corrected chi connectivity index (χ1v) is 10.6. The first kappa shape index (κ1) is 17.5. The number of hydrogen-bond acceptors (Lipinski definition) is 3. The highest BCUT2D eigenvalue weighted by Gasteiger charge is 2.61. The fraction of sp³-hybridized carbons (Fsp3) is 0.909. The Balaban J connectivity index is 1.56. The van der Waals surface area contributed by atoms with Gasteiger partial charge in [0, 0.05) is 24.7 Å². The van der Waals surface area contributed by atoms with Crippen LogP contribution in [0.4, 0.5) is 0 Å². The molecule has 0 aromatic rings. The summed E-state index contributed by atoms with van der Waals surface area (Å²) in [4.78, 5) is 23.9. The van der Waals surface area contributed by atoms with Gasteiger partial charge in [-0.05, 0) is 74.0 Å². The third-order valence-corrected chi connectivity index (χ3v) is 8.96. The van der Waals surface area contributed by atoms with E-state index in [1.807, 2.05) is 6.92 Å². The minimum absolute atomic E-state index is 0.0320. The molecule has 4 saturated carbocycles. The van der Waals surface area contributed by atoms with E-state index in [2.05, 4.69) is 13.8 Å². The van der Waals surface area contributed by atoms with Crippen molar-refractivity contribution in [3.8, 4) is 0 Å².